The Morgan fingerprint density at radius 2 is 1.88 bits per heavy atom. The molecular weight excluding hydrogens is 200 g/mol. The lowest BCUT2D eigenvalue weighted by Gasteiger charge is -2.32. The third kappa shape index (κ3) is 5.19. The fourth-order valence-electron chi connectivity index (χ4n) is 1.68. The summed E-state index contributed by atoms with van der Waals surface area (Å²) in [6.07, 6.45) is 3.43. The molecule has 1 fully saturated rings. The summed E-state index contributed by atoms with van der Waals surface area (Å²) in [4.78, 5) is 8.90. The first kappa shape index (κ1) is 13.1. The Morgan fingerprint density at radius 3 is 2.44 bits per heavy atom. The van der Waals surface area contributed by atoms with Crippen LogP contribution in [-0.2, 0) is 0 Å². The molecule has 0 spiro atoms. The molecule has 16 heavy (non-hydrogen) atoms. The quantitative estimate of drug-likeness (QED) is 0.727. The van der Waals surface area contributed by atoms with Gasteiger partial charge in [-0.1, -0.05) is 0 Å². The van der Waals surface area contributed by atoms with E-state index in [-0.39, 0.29) is 0 Å². The molecular formula is C12H22N4. The SMILES string of the molecule is CC(=N)C=N/C=C(\C)CN1CCN(C)CC1. The first-order valence-corrected chi connectivity index (χ1v) is 5.73. The van der Waals surface area contributed by atoms with Crippen molar-refractivity contribution >= 4 is 11.9 Å². The van der Waals surface area contributed by atoms with Gasteiger partial charge in [0.25, 0.3) is 0 Å². The van der Waals surface area contributed by atoms with E-state index in [9.17, 15) is 0 Å². The van der Waals surface area contributed by atoms with Crippen LogP contribution in [0.25, 0.3) is 0 Å². The van der Waals surface area contributed by atoms with E-state index in [0.29, 0.717) is 5.71 Å². The first-order valence-electron chi connectivity index (χ1n) is 5.73. The number of rotatable bonds is 4. The molecule has 0 amide bonds. The van der Waals surface area contributed by atoms with Gasteiger partial charge in [0.1, 0.15) is 0 Å². The molecule has 0 unspecified atom stereocenters. The van der Waals surface area contributed by atoms with Gasteiger partial charge in [-0.3, -0.25) is 9.89 Å². The van der Waals surface area contributed by atoms with Crippen LogP contribution in [0.1, 0.15) is 13.8 Å². The van der Waals surface area contributed by atoms with Crippen LogP contribution in [-0.4, -0.2) is 61.5 Å². The van der Waals surface area contributed by atoms with Gasteiger partial charge in [-0.2, -0.15) is 0 Å². The van der Waals surface area contributed by atoms with E-state index in [2.05, 4.69) is 28.8 Å². The summed E-state index contributed by atoms with van der Waals surface area (Å²) in [5.41, 5.74) is 1.74. The van der Waals surface area contributed by atoms with Gasteiger partial charge in [-0.05, 0) is 26.5 Å². The van der Waals surface area contributed by atoms with E-state index in [1.165, 1.54) is 5.57 Å². The molecule has 4 nitrogen and oxygen atoms in total. The van der Waals surface area contributed by atoms with Gasteiger partial charge < -0.3 is 10.3 Å². The van der Waals surface area contributed by atoms with Gasteiger partial charge in [-0.25, -0.2) is 0 Å². The Morgan fingerprint density at radius 1 is 1.25 bits per heavy atom. The van der Waals surface area contributed by atoms with Crippen LogP contribution in [0.5, 0.6) is 0 Å². The second-order valence-electron chi connectivity index (χ2n) is 4.52. The monoisotopic (exact) mass is 222 g/mol. The zero-order valence-corrected chi connectivity index (χ0v) is 10.5. The summed E-state index contributed by atoms with van der Waals surface area (Å²) in [6.45, 7) is 9.38. The van der Waals surface area contributed by atoms with E-state index in [1.807, 2.05) is 6.20 Å². The molecule has 1 saturated heterocycles. The molecule has 0 saturated carbocycles. The summed E-state index contributed by atoms with van der Waals surface area (Å²) >= 11 is 0. The minimum absolute atomic E-state index is 0.489. The number of aliphatic imine (C=N–C) groups is 1. The average Bonchev–Trinajstić information content (AvgIpc) is 2.21. The molecule has 1 rings (SSSR count). The van der Waals surface area contributed by atoms with Crippen LogP contribution in [0.2, 0.25) is 0 Å². The molecule has 0 radical (unpaired) electrons. The fourth-order valence-corrected chi connectivity index (χ4v) is 1.68. The zero-order chi connectivity index (χ0) is 12.0. The standard InChI is InChI=1S/C12H22N4/c1-11(8-14-9-12(2)13)10-16-6-4-15(3)5-7-16/h8-9,13H,4-7,10H2,1-3H3/b11-8+,13-12?,14-9?. The maximum absolute atomic E-state index is 7.22. The maximum atomic E-state index is 7.22. The molecule has 4 heteroatoms. The minimum atomic E-state index is 0.489. The van der Waals surface area contributed by atoms with Crippen LogP contribution in [0.3, 0.4) is 0 Å². The lowest BCUT2D eigenvalue weighted by atomic mass is 10.2. The van der Waals surface area contributed by atoms with Gasteiger partial charge in [0.15, 0.2) is 0 Å². The highest BCUT2D eigenvalue weighted by Gasteiger charge is 2.13. The van der Waals surface area contributed by atoms with Crippen LogP contribution >= 0.6 is 0 Å². The predicted molar refractivity (Wildman–Crippen MR) is 69.6 cm³/mol. The number of nitrogens with one attached hydrogen (secondary N) is 1. The largest absolute Gasteiger partial charge is 0.304 e. The minimum Gasteiger partial charge on any atom is -0.304 e. The van der Waals surface area contributed by atoms with Crippen molar-refractivity contribution in [2.24, 2.45) is 4.99 Å². The molecule has 0 atom stereocenters. The van der Waals surface area contributed by atoms with Crippen molar-refractivity contribution in [2.45, 2.75) is 13.8 Å². The van der Waals surface area contributed by atoms with Crippen molar-refractivity contribution in [3.8, 4) is 0 Å². The van der Waals surface area contributed by atoms with Gasteiger partial charge in [0.2, 0.25) is 0 Å². The molecule has 1 aliphatic rings. The normalized spacial score (nSPS) is 20.6. The second-order valence-corrected chi connectivity index (χ2v) is 4.52. The Bertz CT molecular complexity index is 285. The average molecular weight is 222 g/mol. The highest BCUT2D eigenvalue weighted by Crippen LogP contribution is 2.03. The van der Waals surface area contributed by atoms with Crippen LogP contribution in [0, 0.1) is 5.41 Å². The lowest BCUT2D eigenvalue weighted by molar-refractivity contribution is 0.164. The van der Waals surface area contributed by atoms with Crippen molar-refractivity contribution in [1.82, 2.24) is 9.80 Å². The molecule has 1 N–H and O–H groups in total. The van der Waals surface area contributed by atoms with Crippen molar-refractivity contribution < 1.29 is 0 Å². The zero-order valence-electron chi connectivity index (χ0n) is 10.5. The van der Waals surface area contributed by atoms with Crippen LogP contribution < -0.4 is 0 Å². The predicted octanol–water partition coefficient (Wildman–Crippen LogP) is 1.25. The van der Waals surface area contributed by atoms with E-state index < -0.39 is 0 Å². The maximum Gasteiger partial charge on any atom is 0.0473 e. The summed E-state index contributed by atoms with van der Waals surface area (Å²) in [6, 6.07) is 0. The Balaban J connectivity index is 2.33. The molecule has 0 aromatic carbocycles. The number of likely N-dealkylation sites (N-methyl/N-ethyl adjacent to an activating group) is 1. The summed E-state index contributed by atoms with van der Waals surface area (Å²) in [7, 11) is 2.16. The fraction of sp³-hybridized carbons (Fsp3) is 0.667. The summed E-state index contributed by atoms with van der Waals surface area (Å²) < 4.78 is 0. The topological polar surface area (TPSA) is 42.7 Å². The Labute approximate surface area is 98.2 Å². The van der Waals surface area contributed by atoms with E-state index in [0.717, 1.165) is 32.7 Å². The van der Waals surface area contributed by atoms with Gasteiger partial charge in [0.05, 0.1) is 0 Å². The van der Waals surface area contributed by atoms with Crippen molar-refractivity contribution in [1.29, 1.82) is 5.41 Å². The van der Waals surface area contributed by atoms with Crippen molar-refractivity contribution in [2.75, 3.05) is 39.8 Å². The molecule has 90 valence electrons. The van der Waals surface area contributed by atoms with Crippen LogP contribution in [0.4, 0.5) is 0 Å². The smallest absolute Gasteiger partial charge is 0.0473 e. The van der Waals surface area contributed by atoms with Crippen molar-refractivity contribution in [3.05, 3.63) is 11.8 Å². The van der Waals surface area contributed by atoms with E-state index >= 15 is 0 Å². The molecule has 0 aromatic rings. The molecule has 0 aromatic heterocycles. The Kier molecular flexibility index (Phi) is 5.35. The van der Waals surface area contributed by atoms with Crippen LogP contribution in [0.15, 0.2) is 16.8 Å². The lowest BCUT2D eigenvalue weighted by Crippen LogP contribution is -2.44. The van der Waals surface area contributed by atoms with Gasteiger partial charge in [-0.15, -0.1) is 0 Å². The number of hydrogen-bond acceptors (Lipinski definition) is 4. The highest BCUT2D eigenvalue weighted by molar-refractivity contribution is 6.28. The third-order valence-corrected chi connectivity index (χ3v) is 2.63. The molecule has 0 aliphatic carbocycles. The first-order chi connectivity index (χ1) is 7.58. The number of hydrogen-bond donors (Lipinski definition) is 1. The summed E-state index contributed by atoms with van der Waals surface area (Å²) in [5, 5.41) is 7.22. The summed E-state index contributed by atoms with van der Waals surface area (Å²) in [5.74, 6) is 0. The second kappa shape index (κ2) is 6.55. The van der Waals surface area contributed by atoms with E-state index in [4.69, 9.17) is 5.41 Å². The van der Waals surface area contributed by atoms with Gasteiger partial charge >= 0.3 is 0 Å². The van der Waals surface area contributed by atoms with E-state index in [1.54, 1.807) is 13.1 Å². The van der Waals surface area contributed by atoms with Crippen molar-refractivity contribution in [3.63, 3.8) is 0 Å². The third-order valence-electron chi connectivity index (χ3n) is 2.63. The molecule has 1 aliphatic heterocycles. The number of nitrogens with zero attached hydrogens (tertiary/aromatic N) is 3. The molecule has 1 heterocycles. The van der Waals surface area contributed by atoms with Gasteiger partial charge in [0, 0.05) is 50.9 Å². The Hall–Kier alpha value is -1.00. The molecule has 0 bridgehead atoms. The number of piperazine rings is 1. The highest BCUT2D eigenvalue weighted by atomic mass is 15.2.